The Balaban J connectivity index is 1.47. The minimum Gasteiger partial charge on any atom is -0.379 e. The summed E-state index contributed by atoms with van der Waals surface area (Å²) in [5.74, 6) is -0.352. The van der Waals surface area contributed by atoms with Gasteiger partial charge in [0.1, 0.15) is 10.6 Å². The largest absolute Gasteiger partial charge is 0.379 e. The highest BCUT2D eigenvalue weighted by atomic mass is 32.2. The molecule has 2 aliphatic carbocycles. The summed E-state index contributed by atoms with van der Waals surface area (Å²) in [6.07, 6.45) is 2.97. The molecule has 3 aromatic rings. The summed E-state index contributed by atoms with van der Waals surface area (Å²) < 4.78 is 32.0. The molecule has 0 aromatic heterocycles. The van der Waals surface area contributed by atoms with Gasteiger partial charge >= 0.3 is 10.1 Å². The van der Waals surface area contributed by atoms with Gasteiger partial charge in [0.15, 0.2) is 11.6 Å². The Morgan fingerprint density at radius 3 is 1.91 bits per heavy atom. The van der Waals surface area contributed by atoms with Crippen molar-refractivity contribution >= 4 is 21.7 Å². The number of Topliss-reactive ketones (excluding diaryl/α,β-unsaturated/α-hetero) is 2. The smallest absolute Gasteiger partial charge is 0.339 e. The fraction of sp³-hybridized carbons (Fsp3) is 0.368. The first-order valence-corrected chi connectivity index (χ1v) is 17.1. The predicted octanol–water partition coefficient (Wildman–Crippen LogP) is 7.69. The van der Waals surface area contributed by atoms with Crippen LogP contribution in [0.15, 0.2) is 106 Å². The Hall–Kier alpha value is -3.97. The van der Waals surface area contributed by atoms with Crippen LogP contribution in [0.2, 0.25) is 0 Å². The van der Waals surface area contributed by atoms with Crippen LogP contribution in [0.5, 0.6) is 5.75 Å². The Bertz CT molecular complexity index is 1780. The van der Waals surface area contributed by atoms with E-state index in [-0.39, 0.29) is 33.0 Å². The number of carbonyl (C=O) groups excluding carboxylic acids is 2. The first-order valence-electron chi connectivity index (χ1n) is 15.7. The number of benzene rings is 3. The second kappa shape index (κ2) is 11.4. The fourth-order valence-electron chi connectivity index (χ4n) is 7.16. The topological polar surface area (TPSA) is 80.8 Å². The molecule has 0 amide bonds. The maximum atomic E-state index is 14.1. The average Bonchev–Trinajstić information content (AvgIpc) is 2.95. The number of hydrogen-bond donors (Lipinski definition) is 0. The molecule has 0 bridgehead atoms. The van der Waals surface area contributed by atoms with Crippen molar-refractivity contribution in [2.45, 2.75) is 77.5 Å². The Morgan fingerprint density at radius 1 is 0.756 bits per heavy atom. The highest BCUT2D eigenvalue weighted by Crippen LogP contribution is 2.54. The van der Waals surface area contributed by atoms with E-state index in [4.69, 9.17) is 4.18 Å². The lowest BCUT2D eigenvalue weighted by Gasteiger charge is -2.49. The van der Waals surface area contributed by atoms with Crippen LogP contribution in [0.4, 0.5) is 0 Å². The Morgan fingerprint density at radius 2 is 1.33 bits per heavy atom. The van der Waals surface area contributed by atoms with Crippen molar-refractivity contribution in [3.05, 3.63) is 118 Å². The molecule has 0 radical (unpaired) electrons. The molecule has 0 atom stereocenters. The summed E-state index contributed by atoms with van der Waals surface area (Å²) in [5, 5.41) is 0. The van der Waals surface area contributed by atoms with E-state index < -0.39 is 16.0 Å². The van der Waals surface area contributed by atoms with Gasteiger partial charge in [-0.3, -0.25) is 9.59 Å². The van der Waals surface area contributed by atoms with Gasteiger partial charge in [-0.2, -0.15) is 8.42 Å². The third kappa shape index (κ3) is 6.28. The van der Waals surface area contributed by atoms with E-state index in [0.29, 0.717) is 48.9 Å². The molecule has 0 fully saturated rings. The van der Waals surface area contributed by atoms with E-state index in [1.54, 1.807) is 30.3 Å². The van der Waals surface area contributed by atoms with Crippen molar-refractivity contribution in [3.8, 4) is 5.75 Å². The number of hydrogen-bond acceptors (Lipinski definition) is 6. The number of rotatable bonds is 7. The van der Waals surface area contributed by atoms with Gasteiger partial charge in [-0.1, -0.05) is 87.9 Å². The molecule has 1 heterocycles. The summed E-state index contributed by atoms with van der Waals surface area (Å²) in [5.41, 5.74) is 5.66. The number of carbonyl (C=O) groups is 2. The van der Waals surface area contributed by atoms with Crippen molar-refractivity contribution in [2.24, 2.45) is 10.8 Å². The highest BCUT2D eigenvalue weighted by Gasteiger charge is 2.49. The van der Waals surface area contributed by atoms with Gasteiger partial charge in [0.05, 0.1) is 0 Å². The van der Waals surface area contributed by atoms with Crippen molar-refractivity contribution in [2.75, 3.05) is 6.54 Å². The van der Waals surface area contributed by atoms with Gasteiger partial charge in [0.25, 0.3) is 0 Å². The van der Waals surface area contributed by atoms with Gasteiger partial charge in [-0.05, 0) is 72.4 Å². The van der Waals surface area contributed by atoms with E-state index in [0.717, 1.165) is 23.4 Å². The fourth-order valence-corrected chi connectivity index (χ4v) is 8.08. The van der Waals surface area contributed by atoms with Gasteiger partial charge in [-0.15, -0.1) is 0 Å². The lowest BCUT2D eigenvalue weighted by molar-refractivity contribution is -0.119. The van der Waals surface area contributed by atoms with Crippen molar-refractivity contribution in [1.29, 1.82) is 0 Å². The average molecular weight is 624 g/mol. The molecular weight excluding hydrogens is 582 g/mol. The minimum absolute atomic E-state index is 0.0405. The molecular formula is C38H41NO5S. The summed E-state index contributed by atoms with van der Waals surface area (Å²) in [4.78, 5) is 30.6. The number of nitrogens with zero attached hydrogens (tertiary/aromatic N) is 1. The Labute approximate surface area is 266 Å². The van der Waals surface area contributed by atoms with Crippen LogP contribution in [0.1, 0.15) is 76.0 Å². The molecule has 0 spiro atoms. The van der Waals surface area contributed by atoms with E-state index in [1.807, 2.05) is 31.2 Å². The highest BCUT2D eigenvalue weighted by molar-refractivity contribution is 7.87. The minimum atomic E-state index is -4.09. The molecule has 7 heteroatoms. The molecule has 45 heavy (non-hydrogen) atoms. The molecule has 3 aromatic carbocycles. The van der Waals surface area contributed by atoms with E-state index in [1.165, 1.54) is 17.7 Å². The molecule has 0 N–H and O–H groups in total. The third-order valence-corrected chi connectivity index (χ3v) is 10.5. The first-order chi connectivity index (χ1) is 21.2. The van der Waals surface area contributed by atoms with Gasteiger partial charge in [0, 0.05) is 47.8 Å². The van der Waals surface area contributed by atoms with Gasteiger partial charge < -0.3 is 9.08 Å². The van der Waals surface area contributed by atoms with Crippen LogP contribution in [-0.4, -0.2) is 31.4 Å². The summed E-state index contributed by atoms with van der Waals surface area (Å²) in [7, 11) is -4.09. The quantitative estimate of drug-likeness (QED) is 0.251. The van der Waals surface area contributed by atoms with Crippen molar-refractivity contribution in [1.82, 2.24) is 4.90 Å². The predicted molar refractivity (Wildman–Crippen MR) is 175 cm³/mol. The van der Waals surface area contributed by atoms with Gasteiger partial charge in [0.2, 0.25) is 0 Å². The van der Waals surface area contributed by atoms with Crippen LogP contribution >= 0.6 is 0 Å². The Kier molecular flexibility index (Phi) is 7.88. The van der Waals surface area contributed by atoms with Crippen LogP contribution in [-0.2, 0) is 26.1 Å². The van der Waals surface area contributed by atoms with Crippen molar-refractivity contribution < 1.29 is 22.2 Å². The SMILES string of the molecule is Cc1ccc(S(=O)(=O)Oc2cccc(C3C4=C(CC(C)(C)CC4=O)N(CCc4ccccc4)C4=C3C(=O)CC(C)(C)C4)c2)cc1. The van der Waals surface area contributed by atoms with Crippen LogP contribution in [0.3, 0.4) is 0 Å². The molecule has 234 valence electrons. The van der Waals surface area contributed by atoms with Gasteiger partial charge in [-0.25, -0.2) is 0 Å². The normalized spacial score (nSPS) is 19.8. The molecule has 0 unspecified atom stereocenters. The van der Waals surface area contributed by atoms with Crippen LogP contribution < -0.4 is 4.18 Å². The van der Waals surface area contributed by atoms with E-state index in [9.17, 15) is 18.0 Å². The molecule has 0 saturated carbocycles. The van der Waals surface area contributed by atoms with E-state index in [2.05, 4.69) is 44.7 Å². The lowest BCUT2D eigenvalue weighted by atomic mass is 9.63. The van der Waals surface area contributed by atoms with Crippen LogP contribution in [0.25, 0.3) is 0 Å². The maximum Gasteiger partial charge on any atom is 0.339 e. The monoisotopic (exact) mass is 623 g/mol. The van der Waals surface area contributed by atoms with Crippen LogP contribution in [0, 0.1) is 17.8 Å². The molecule has 3 aliphatic rings. The van der Waals surface area contributed by atoms with Crippen molar-refractivity contribution in [3.63, 3.8) is 0 Å². The molecule has 1 aliphatic heterocycles. The zero-order valence-electron chi connectivity index (χ0n) is 26.7. The lowest BCUT2D eigenvalue weighted by Crippen LogP contribution is -2.45. The third-order valence-electron chi connectivity index (χ3n) is 9.20. The number of ketones is 2. The zero-order valence-corrected chi connectivity index (χ0v) is 27.5. The zero-order chi connectivity index (χ0) is 32.1. The number of aryl methyl sites for hydroxylation is 1. The second-order valence-corrected chi connectivity index (χ2v) is 15.9. The standard InChI is InChI=1S/C38H41NO5S/c1-25-14-16-29(17-15-25)45(42,43)44-28-13-9-12-27(20-28)34-35-30(21-37(2,3)23-32(35)40)39(19-18-26-10-7-6-8-11-26)31-22-38(4,5)24-33(41)36(31)34/h6-17,20,34H,18-19,21-24H2,1-5H3. The molecule has 0 saturated heterocycles. The molecule has 6 nitrogen and oxygen atoms in total. The summed E-state index contributed by atoms with van der Waals surface area (Å²) in [6.45, 7) is 11.1. The summed E-state index contributed by atoms with van der Waals surface area (Å²) >= 11 is 0. The summed E-state index contributed by atoms with van der Waals surface area (Å²) in [6, 6.07) is 23.7. The maximum absolute atomic E-state index is 14.1. The first kappa shape index (κ1) is 31.0. The molecule has 6 rings (SSSR count). The number of allylic oxidation sites excluding steroid dienone is 4. The van der Waals surface area contributed by atoms with E-state index >= 15 is 0 Å². The second-order valence-electron chi connectivity index (χ2n) is 14.3.